The Balaban J connectivity index is 3.65. The van der Waals surface area contributed by atoms with E-state index >= 15 is 0 Å². The first-order valence-corrected chi connectivity index (χ1v) is 3.32. The van der Waals surface area contributed by atoms with E-state index in [0.29, 0.717) is 0 Å². The van der Waals surface area contributed by atoms with Gasteiger partial charge in [-0.3, -0.25) is 10.8 Å². The molecule has 58 valence electrons. The van der Waals surface area contributed by atoms with Crippen LogP contribution in [0.5, 0.6) is 0 Å². The van der Waals surface area contributed by atoms with Crippen LogP contribution in [0.3, 0.4) is 0 Å². The van der Waals surface area contributed by atoms with Gasteiger partial charge in [-0.15, -0.1) is 0 Å². The van der Waals surface area contributed by atoms with Crippen molar-refractivity contribution < 1.29 is 13.6 Å². The van der Waals surface area contributed by atoms with E-state index in [-0.39, 0.29) is 0 Å². The zero-order valence-electron chi connectivity index (χ0n) is 4.88. The van der Waals surface area contributed by atoms with Crippen molar-refractivity contribution in [3.63, 3.8) is 0 Å². The molecule has 0 atom stereocenters. The van der Waals surface area contributed by atoms with Crippen LogP contribution >= 0.6 is 8.25 Å². The Morgan fingerprint density at radius 1 is 1.20 bits per heavy atom. The summed E-state index contributed by atoms with van der Waals surface area (Å²) in [5, 5.41) is 12.9. The molecule has 8 heteroatoms. The summed E-state index contributed by atoms with van der Waals surface area (Å²) in [6.07, 6.45) is 0. The molecule has 0 aromatic heterocycles. The molecule has 0 bridgehead atoms. The smallest absolute Gasteiger partial charge is 0.385 e. The third kappa shape index (κ3) is 4.92. The van der Waals surface area contributed by atoms with Gasteiger partial charge >= 0.3 is 8.25 Å². The van der Waals surface area contributed by atoms with Crippen LogP contribution < -0.4 is 11.5 Å². The number of nitrogens with one attached hydrogen (secondary N) is 2. The number of rotatable bonds is 2. The molecule has 0 heterocycles. The zero-order valence-corrected chi connectivity index (χ0v) is 5.88. The van der Waals surface area contributed by atoms with Crippen molar-refractivity contribution in [1.82, 2.24) is 0 Å². The Morgan fingerprint density at radius 3 is 1.70 bits per heavy atom. The van der Waals surface area contributed by atoms with Crippen molar-refractivity contribution in [3.05, 3.63) is 0 Å². The minimum atomic E-state index is -2.94. The maximum Gasteiger partial charge on any atom is 0.423 e. The summed E-state index contributed by atoms with van der Waals surface area (Å²) in [6, 6.07) is -1.46. The molecule has 0 rings (SSSR count). The average molecular weight is 166 g/mol. The van der Waals surface area contributed by atoms with E-state index in [1.807, 2.05) is 0 Å². The van der Waals surface area contributed by atoms with Gasteiger partial charge in [-0.2, -0.15) is 0 Å². The van der Waals surface area contributed by atoms with E-state index in [2.05, 4.69) is 20.5 Å². The van der Waals surface area contributed by atoms with Crippen molar-refractivity contribution in [2.75, 3.05) is 0 Å². The Kier molecular flexibility index (Phi) is 3.27. The number of hydrogen-bond donors (Lipinski definition) is 4. The monoisotopic (exact) mass is 166 g/mol. The van der Waals surface area contributed by atoms with Crippen LogP contribution in [-0.4, -0.2) is 12.0 Å². The summed E-state index contributed by atoms with van der Waals surface area (Å²) in [5.74, 6) is 0. The van der Waals surface area contributed by atoms with Gasteiger partial charge in [0.25, 0.3) is 12.0 Å². The van der Waals surface area contributed by atoms with Crippen molar-refractivity contribution in [1.29, 1.82) is 10.8 Å². The van der Waals surface area contributed by atoms with Crippen LogP contribution in [0.2, 0.25) is 0 Å². The zero-order chi connectivity index (χ0) is 8.15. The molecule has 0 spiro atoms. The molecule has 0 aromatic carbocycles. The van der Waals surface area contributed by atoms with Crippen molar-refractivity contribution in [3.8, 4) is 0 Å². The maximum absolute atomic E-state index is 10.4. The lowest BCUT2D eigenvalue weighted by atomic mass is 11.3. The summed E-state index contributed by atoms with van der Waals surface area (Å²) >= 11 is 0. The van der Waals surface area contributed by atoms with Gasteiger partial charge in [0.15, 0.2) is 0 Å². The molecule has 6 N–H and O–H groups in total. The molecule has 0 fully saturated rings. The van der Waals surface area contributed by atoms with Crippen LogP contribution in [0, 0.1) is 10.8 Å². The number of nitrogens with two attached hydrogens (primary N) is 2. The highest BCUT2D eigenvalue weighted by Crippen LogP contribution is 2.21. The molecule has 0 amide bonds. The highest BCUT2D eigenvalue weighted by atomic mass is 31.1. The highest BCUT2D eigenvalue weighted by Gasteiger charge is 2.01. The number of hydrogen-bond acceptors (Lipinski definition) is 5. The lowest BCUT2D eigenvalue weighted by Crippen LogP contribution is -2.14. The second-order valence-electron chi connectivity index (χ2n) is 1.18. The fourth-order valence-corrected chi connectivity index (χ4v) is 0.601. The van der Waals surface area contributed by atoms with Crippen LogP contribution in [0.15, 0.2) is 0 Å². The standard InChI is InChI=1S/C2H7N4O3P/c3-1(4)8-10(7)9-2(5)6/h10H,(H3,3,4)(H3,5,6). The fraction of sp³-hybridized carbons (Fsp3) is 0. The van der Waals surface area contributed by atoms with Crippen molar-refractivity contribution >= 4 is 20.3 Å². The molecule has 0 aliphatic rings. The summed E-state index contributed by atoms with van der Waals surface area (Å²) in [6.45, 7) is 0. The molecular formula is C2H7N4O3P. The van der Waals surface area contributed by atoms with Gasteiger partial charge < -0.3 is 20.5 Å². The first kappa shape index (κ1) is 8.77. The Labute approximate surface area is 57.3 Å². The first-order valence-electron chi connectivity index (χ1n) is 2.10. The van der Waals surface area contributed by atoms with E-state index in [0.717, 1.165) is 0 Å². The Hall–Kier alpha value is -1.23. The van der Waals surface area contributed by atoms with Crippen LogP contribution in [0.4, 0.5) is 0 Å². The van der Waals surface area contributed by atoms with Gasteiger partial charge in [0.2, 0.25) is 0 Å². The van der Waals surface area contributed by atoms with Gasteiger partial charge in [-0.1, -0.05) is 0 Å². The minimum absolute atomic E-state index is 0.731. The summed E-state index contributed by atoms with van der Waals surface area (Å²) in [5.41, 5.74) is 9.33. The second-order valence-corrected chi connectivity index (χ2v) is 2.09. The highest BCUT2D eigenvalue weighted by molar-refractivity contribution is 7.34. The van der Waals surface area contributed by atoms with Crippen LogP contribution in [0.1, 0.15) is 0 Å². The van der Waals surface area contributed by atoms with Gasteiger partial charge in [0.05, 0.1) is 0 Å². The molecule has 0 aliphatic heterocycles. The topological polar surface area (TPSA) is 135 Å². The third-order valence-electron chi connectivity index (χ3n) is 0.387. The predicted octanol–water partition coefficient (Wildman–Crippen LogP) is -0.804. The molecular weight excluding hydrogens is 159 g/mol. The fourth-order valence-electron chi connectivity index (χ4n) is 0.200. The molecule has 0 radical (unpaired) electrons. The normalized spacial score (nSPS) is 11.6. The third-order valence-corrected chi connectivity index (χ3v) is 1.16. The Bertz CT molecular complexity index is 161. The minimum Gasteiger partial charge on any atom is -0.385 e. The van der Waals surface area contributed by atoms with E-state index < -0.39 is 20.3 Å². The summed E-state index contributed by atoms with van der Waals surface area (Å²) < 4.78 is 18.4. The lowest BCUT2D eigenvalue weighted by molar-refractivity contribution is 0.400. The Morgan fingerprint density at radius 2 is 1.50 bits per heavy atom. The van der Waals surface area contributed by atoms with Gasteiger partial charge in [0, 0.05) is 0 Å². The van der Waals surface area contributed by atoms with Gasteiger partial charge in [-0.25, -0.2) is 4.57 Å². The molecule has 7 nitrogen and oxygen atoms in total. The van der Waals surface area contributed by atoms with Crippen LogP contribution in [0.25, 0.3) is 0 Å². The van der Waals surface area contributed by atoms with Crippen LogP contribution in [-0.2, 0) is 13.6 Å². The number of amidine groups is 2. The van der Waals surface area contributed by atoms with Crippen molar-refractivity contribution in [2.24, 2.45) is 11.5 Å². The van der Waals surface area contributed by atoms with E-state index in [9.17, 15) is 4.57 Å². The second kappa shape index (κ2) is 3.73. The van der Waals surface area contributed by atoms with E-state index in [4.69, 9.17) is 10.8 Å². The van der Waals surface area contributed by atoms with Crippen molar-refractivity contribution in [2.45, 2.75) is 0 Å². The lowest BCUT2D eigenvalue weighted by Gasteiger charge is -2.02. The van der Waals surface area contributed by atoms with E-state index in [1.165, 1.54) is 0 Å². The summed E-state index contributed by atoms with van der Waals surface area (Å²) in [4.78, 5) is 0. The quantitative estimate of drug-likeness (QED) is 0.242. The molecule has 10 heavy (non-hydrogen) atoms. The SMILES string of the molecule is N=C(N)O[PH](=O)OC(=N)N. The molecule has 0 saturated heterocycles. The molecule has 0 aliphatic carbocycles. The molecule has 0 saturated carbocycles. The maximum atomic E-state index is 10.4. The predicted molar refractivity (Wildman–Crippen MR) is 35.0 cm³/mol. The largest absolute Gasteiger partial charge is 0.423 e. The first-order chi connectivity index (χ1) is 4.52. The van der Waals surface area contributed by atoms with Gasteiger partial charge in [0.1, 0.15) is 0 Å². The summed E-state index contributed by atoms with van der Waals surface area (Å²) in [7, 11) is -2.94. The van der Waals surface area contributed by atoms with Gasteiger partial charge in [-0.05, 0) is 0 Å². The van der Waals surface area contributed by atoms with E-state index in [1.54, 1.807) is 0 Å². The molecule has 0 unspecified atom stereocenters. The average Bonchev–Trinajstić information content (AvgIpc) is 1.58. The molecule has 0 aromatic rings.